The lowest BCUT2D eigenvalue weighted by atomic mass is 9.93. The van der Waals surface area contributed by atoms with E-state index in [1.54, 1.807) is 28.3 Å². The first-order valence-corrected chi connectivity index (χ1v) is 10.1. The van der Waals surface area contributed by atoms with Gasteiger partial charge in [-0.1, -0.05) is 0 Å². The van der Waals surface area contributed by atoms with E-state index in [-0.39, 0.29) is 5.91 Å². The van der Waals surface area contributed by atoms with Crippen molar-refractivity contribution in [3.05, 3.63) is 18.2 Å². The van der Waals surface area contributed by atoms with E-state index >= 15 is 0 Å². The number of ether oxygens (including phenoxy) is 3. The highest BCUT2D eigenvalue weighted by molar-refractivity contribution is 5.80. The van der Waals surface area contributed by atoms with Crippen LogP contribution in [0.25, 0.3) is 0 Å². The summed E-state index contributed by atoms with van der Waals surface area (Å²) in [6.45, 7) is 3.18. The molecule has 0 unspecified atom stereocenters. The predicted molar refractivity (Wildman–Crippen MR) is 114 cm³/mol. The molecule has 0 radical (unpaired) electrons. The molecule has 1 aliphatic heterocycles. The van der Waals surface area contributed by atoms with Crippen LogP contribution in [0, 0.1) is 5.92 Å². The van der Waals surface area contributed by atoms with Crippen LogP contribution >= 0.6 is 0 Å². The maximum atomic E-state index is 11.5. The molecule has 2 rings (SSSR count). The van der Waals surface area contributed by atoms with Crippen LogP contribution in [-0.2, 0) is 4.79 Å². The topological polar surface area (TPSA) is 84.4 Å². The number of carbonyl (C=O) groups is 1. The summed E-state index contributed by atoms with van der Waals surface area (Å²) in [5.41, 5.74) is 0. The first-order valence-electron chi connectivity index (χ1n) is 10.1. The third-order valence-electron chi connectivity index (χ3n) is 5.08. The molecule has 1 aromatic rings. The lowest BCUT2D eigenvalue weighted by molar-refractivity contribution is -0.121. The minimum absolute atomic E-state index is 0.125. The Morgan fingerprint density at radius 3 is 2.31 bits per heavy atom. The molecule has 1 fully saturated rings. The Labute approximate surface area is 173 Å². The molecule has 2 N–H and O–H groups in total. The summed E-state index contributed by atoms with van der Waals surface area (Å²) in [5.74, 6) is 3.63. The van der Waals surface area contributed by atoms with Gasteiger partial charge >= 0.3 is 0 Å². The smallest absolute Gasteiger partial charge is 0.220 e. The van der Waals surface area contributed by atoms with Gasteiger partial charge in [0.2, 0.25) is 5.91 Å². The fourth-order valence-electron chi connectivity index (χ4n) is 3.37. The molecule has 1 aromatic carbocycles. The molecule has 0 saturated carbocycles. The number of piperidine rings is 1. The second-order valence-electron chi connectivity index (χ2n) is 7.03. The van der Waals surface area contributed by atoms with Gasteiger partial charge in [0, 0.05) is 58.3 Å². The largest absolute Gasteiger partial charge is 0.496 e. The van der Waals surface area contributed by atoms with E-state index in [9.17, 15) is 4.79 Å². The van der Waals surface area contributed by atoms with Gasteiger partial charge in [0.05, 0.1) is 20.8 Å². The predicted octanol–water partition coefficient (Wildman–Crippen LogP) is 1.90. The molecule has 0 bridgehead atoms. The lowest BCUT2D eigenvalue weighted by Crippen LogP contribution is -2.46. The minimum Gasteiger partial charge on any atom is -0.496 e. The molecule has 8 heteroatoms. The minimum atomic E-state index is 0.125. The van der Waals surface area contributed by atoms with Gasteiger partial charge in [0.25, 0.3) is 0 Å². The van der Waals surface area contributed by atoms with Crippen molar-refractivity contribution in [3.63, 3.8) is 0 Å². The van der Waals surface area contributed by atoms with Crippen LogP contribution < -0.4 is 24.8 Å². The zero-order valence-corrected chi connectivity index (χ0v) is 18.0. The Kier molecular flexibility index (Phi) is 9.40. The highest BCUT2D eigenvalue weighted by Crippen LogP contribution is 2.27. The molecule has 8 nitrogen and oxygen atoms in total. The zero-order chi connectivity index (χ0) is 21.1. The molecule has 0 atom stereocenters. The van der Waals surface area contributed by atoms with Gasteiger partial charge in [-0.3, -0.25) is 9.79 Å². The first-order chi connectivity index (χ1) is 14.1. The summed E-state index contributed by atoms with van der Waals surface area (Å²) in [5, 5.41) is 6.11. The summed E-state index contributed by atoms with van der Waals surface area (Å²) >= 11 is 0. The molecular weight excluding hydrogens is 372 g/mol. The third kappa shape index (κ3) is 7.36. The van der Waals surface area contributed by atoms with Crippen molar-refractivity contribution in [2.24, 2.45) is 10.9 Å². The van der Waals surface area contributed by atoms with Crippen LogP contribution in [0.3, 0.4) is 0 Å². The maximum Gasteiger partial charge on any atom is 0.220 e. The number of aliphatic imine (C=N–C) groups is 1. The van der Waals surface area contributed by atoms with E-state index in [0.717, 1.165) is 50.6 Å². The zero-order valence-electron chi connectivity index (χ0n) is 18.0. The number of nitrogens with one attached hydrogen (secondary N) is 2. The normalized spacial score (nSPS) is 15.0. The van der Waals surface area contributed by atoms with E-state index < -0.39 is 0 Å². The van der Waals surface area contributed by atoms with Gasteiger partial charge in [-0.05, 0) is 25.2 Å². The molecule has 1 saturated heterocycles. The Hall–Kier alpha value is -2.64. The second-order valence-corrected chi connectivity index (χ2v) is 7.03. The molecule has 0 aromatic heterocycles. The van der Waals surface area contributed by atoms with E-state index in [2.05, 4.69) is 20.5 Å². The Bertz CT molecular complexity index is 650. The number of likely N-dealkylation sites (tertiary alicyclic amines) is 1. The van der Waals surface area contributed by atoms with E-state index in [0.29, 0.717) is 30.4 Å². The van der Waals surface area contributed by atoms with Crippen molar-refractivity contribution < 1.29 is 19.0 Å². The van der Waals surface area contributed by atoms with Crippen molar-refractivity contribution in [2.75, 3.05) is 54.6 Å². The van der Waals surface area contributed by atoms with Gasteiger partial charge in [0.15, 0.2) is 5.96 Å². The molecule has 0 spiro atoms. The first kappa shape index (κ1) is 22.6. The average molecular weight is 407 g/mol. The highest BCUT2D eigenvalue weighted by atomic mass is 16.5. The van der Waals surface area contributed by atoms with Gasteiger partial charge in [-0.15, -0.1) is 0 Å². The Balaban J connectivity index is 1.70. The fourth-order valence-corrected chi connectivity index (χ4v) is 3.37. The van der Waals surface area contributed by atoms with Crippen molar-refractivity contribution in [1.29, 1.82) is 0 Å². The fraction of sp³-hybridized carbons (Fsp3) is 0.619. The molecule has 1 heterocycles. The van der Waals surface area contributed by atoms with Crippen LogP contribution in [0.15, 0.2) is 23.2 Å². The van der Waals surface area contributed by atoms with Gasteiger partial charge in [0.1, 0.15) is 17.2 Å². The standard InChI is InChI=1S/C21H34N4O4/c1-22-20(26)12-16-6-9-25(10-7-16)21(23-2)24-8-5-11-29-19-14-17(27-3)13-18(15-19)28-4/h13-16H,5-12H2,1-4H3,(H,22,26)(H,23,24). The molecule has 29 heavy (non-hydrogen) atoms. The number of amides is 1. The number of rotatable bonds is 9. The second kappa shape index (κ2) is 12.0. The maximum absolute atomic E-state index is 11.5. The monoisotopic (exact) mass is 406 g/mol. The molecule has 162 valence electrons. The number of hydrogen-bond acceptors (Lipinski definition) is 5. The van der Waals surface area contributed by atoms with Gasteiger partial charge < -0.3 is 29.7 Å². The van der Waals surface area contributed by atoms with Crippen LogP contribution in [0.4, 0.5) is 0 Å². The SMILES string of the molecule is CN=C(NCCCOc1cc(OC)cc(OC)c1)N1CCC(CC(=O)NC)CC1. The summed E-state index contributed by atoms with van der Waals surface area (Å²) in [4.78, 5) is 18.2. The summed E-state index contributed by atoms with van der Waals surface area (Å²) < 4.78 is 16.3. The number of benzene rings is 1. The number of nitrogens with zero attached hydrogens (tertiary/aromatic N) is 2. The molecular formula is C21H34N4O4. The molecule has 0 aliphatic carbocycles. The molecule has 1 amide bonds. The van der Waals surface area contributed by atoms with Gasteiger partial charge in [-0.25, -0.2) is 0 Å². The van der Waals surface area contributed by atoms with Crippen molar-refractivity contribution >= 4 is 11.9 Å². The number of carbonyl (C=O) groups excluding carboxylic acids is 1. The van der Waals surface area contributed by atoms with Crippen molar-refractivity contribution in [1.82, 2.24) is 15.5 Å². The number of methoxy groups -OCH3 is 2. The third-order valence-corrected chi connectivity index (χ3v) is 5.08. The summed E-state index contributed by atoms with van der Waals surface area (Å²) in [7, 11) is 6.74. The quantitative estimate of drug-likeness (QED) is 0.370. The van der Waals surface area contributed by atoms with Crippen molar-refractivity contribution in [2.45, 2.75) is 25.7 Å². The molecule has 1 aliphatic rings. The Morgan fingerprint density at radius 2 is 1.76 bits per heavy atom. The van der Waals surface area contributed by atoms with Crippen LogP contribution in [0.1, 0.15) is 25.7 Å². The van der Waals surface area contributed by atoms with Gasteiger partial charge in [-0.2, -0.15) is 0 Å². The van der Waals surface area contributed by atoms with E-state index in [1.165, 1.54) is 0 Å². The number of hydrogen-bond donors (Lipinski definition) is 2. The van der Waals surface area contributed by atoms with Crippen LogP contribution in [0.5, 0.6) is 17.2 Å². The number of guanidine groups is 1. The average Bonchev–Trinajstić information content (AvgIpc) is 2.76. The van der Waals surface area contributed by atoms with Crippen LogP contribution in [-0.4, -0.2) is 71.3 Å². The summed E-state index contributed by atoms with van der Waals surface area (Å²) in [6.07, 6.45) is 3.47. The van der Waals surface area contributed by atoms with E-state index in [4.69, 9.17) is 14.2 Å². The summed E-state index contributed by atoms with van der Waals surface area (Å²) in [6, 6.07) is 5.51. The van der Waals surface area contributed by atoms with E-state index in [1.807, 2.05) is 18.2 Å². The van der Waals surface area contributed by atoms with Crippen molar-refractivity contribution in [3.8, 4) is 17.2 Å². The Morgan fingerprint density at radius 1 is 1.14 bits per heavy atom. The van der Waals surface area contributed by atoms with Crippen LogP contribution in [0.2, 0.25) is 0 Å². The lowest BCUT2D eigenvalue weighted by Gasteiger charge is -2.34. The highest BCUT2D eigenvalue weighted by Gasteiger charge is 2.22.